The standard InChI is InChI=1S/C23H18BrN3O2/c1-4-10-29-22-18(24)11-16(12-19(22)28-3)21-17(13-25)23(26)27-14(2)20(21)15-8-6-5-7-9-15/h1,5-9,11-12H,10H2,2-3H3,(H2,26,27). The molecule has 3 aromatic rings. The Morgan fingerprint density at radius 2 is 1.90 bits per heavy atom. The highest BCUT2D eigenvalue weighted by molar-refractivity contribution is 9.10. The number of halogens is 1. The maximum Gasteiger partial charge on any atom is 0.176 e. The van der Waals surface area contributed by atoms with Crippen LogP contribution in [0.2, 0.25) is 0 Å². The minimum atomic E-state index is 0.105. The van der Waals surface area contributed by atoms with E-state index in [2.05, 4.69) is 32.9 Å². The van der Waals surface area contributed by atoms with E-state index in [1.54, 1.807) is 13.2 Å². The number of nitriles is 1. The number of terminal acetylenes is 1. The minimum Gasteiger partial charge on any atom is -0.493 e. The fourth-order valence-corrected chi connectivity index (χ4v) is 3.76. The molecule has 0 bridgehead atoms. The van der Waals surface area contributed by atoms with E-state index in [0.717, 1.165) is 22.4 Å². The lowest BCUT2D eigenvalue weighted by atomic mass is 9.90. The summed E-state index contributed by atoms with van der Waals surface area (Å²) in [6.45, 7) is 1.98. The fraction of sp³-hybridized carbons (Fsp3) is 0.130. The summed E-state index contributed by atoms with van der Waals surface area (Å²) in [7, 11) is 1.55. The molecule has 0 saturated heterocycles. The zero-order valence-electron chi connectivity index (χ0n) is 16.0. The first-order chi connectivity index (χ1) is 14.0. The molecule has 0 amide bonds. The molecule has 0 unspecified atom stereocenters. The molecule has 0 atom stereocenters. The van der Waals surface area contributed by atoms with Crippen LogP contribution in [0.5, 0.6) is 11.5 Å². The lowest BCUT2D eigenvalue weighted by molar-refractivity contribution is 0.329. The molecule has 0 radical (unpaired) electrons. The van der Waals surface area contributed by atoms with Crippen molar-refractivity contribution in [3.63, 3.8) is 0 Å². The van der Waals surface area contributed by atoms with E-state index in [-0.39, 0.29) is 12.4 Å². The number of aryl methyl sites for hydroxylation is 1. The van der Waals surface area contributed by atoms with Crippen molar-refractivity contribution in [2.75, 3.05) is 19.5 Å². The Morgan fingerprint density at radius 3 is 2.52 bits per heavy atom. The third-order valence-corrected chi connectivity index (χ3v) is 4.99. The summed E-state index contributed by atoms with van der Waals surface area (Å²) in [6, 6.07) is 15.6. The highest BCUT2D eigenvalue weighted by atomic mass is 79.9. The Kier molecular flexibility index (Phi) is 6.07. The molecule has 2 N–H and O–H groups in total. The average Bonchev–Trinajstić information content (AvgIpc) is 2.72. The van der Waals surface area contributed by atoms with Crippen molar-refractivity contribution in [2.45, 2.75) is 6.92 Å². The second-order valence-corrected chi connectivity index (χ2v) is 7.02. The third kappa shape index (κ3) is 3.89. The maximum atomic E-state index is 9.83. The van der Waals surface area contributed by atoms with Gasteiger partial charge >= 0.3 is 0 Å². The predicted molar refractivity (Wildman–Crippen MR) is 118 cm³/mol. The number of rotatable bonds is 5. The summed E-state index contributed by atoms with van der Waals surface area (Å²) in [5.74, 6) is 3.60. The molecule has 1 heterocycles. The number of ether oxygens (including phenoxy) is 2. The lowest BCUT2D eigenvalue weighted by Crippen LogP contribution is -2.04. The number of hydrogen-bond donors (Lipinski definition) is 1. The van der Waals surface area contributed by atoms with Gasteiger partial charge in [0, 0.05) is 16.8 Å². The van der Waals surface area contributed by atoms with E-state index in [1.165, 1.54) is 0 Å². The van der Waals surface area contributed by atoms with E-state index in [4.69, 9.17) is 21.6 Å². The quantitative estimate of drug-likeness (QED) is 0.558. The van der Waals surface area contributed by atoms with Crippen LogP contribution in [0.1, 0.15) is 11.3 Å². The Labute approximate surface area is 178 Å². The minimum absolute atomic E-state index is 0.105. The summed E-state index contributed by atoms with van der Waals surface area (Å²) in [5.41, 5.74) is 10.3. The second-order valence-electron chi connectivity index (χ2n) is 6.17. The van der Waals surface area contributed by atoms with Gasteiger partial charge < -0.3 is 15.2 Å². The van der Waals surface area contributed by atoms with Crippen molar-refractivity contribution in [1.29, 1.82) is 5.26 Å². The fourth-order valence-electron chi connectivity index (χ4n) is 3.20. The van der Waals surface area contributed by atoms with Gasteiger partial charge in [-0.1, -0.05) is 36.3 Å². The SMILES string of the molecule is C#CCOc1c(Br)cc(-c2c(C#N)c(N)nc(C)c2-c2ccccc2)cc1OC. The number of anilines is 1. The zero-order valence-corrected chi connectivity index (χ0v) is 17.6. The summed E-state index contributed by atoms with van der Waals surface area (Å²) in [4.78, 5) is 4.40. The van der Waals surface area contributed by atoms with E-state index in [9.17, 15) is 5.26 Å². The summed E-state index contributed by atoms with van der Waals surface area (Å²) in [6.07, 6.45) is 5.31. The van der Waals surface area contributed by atoms with Crippen LogP contribution >= 0.6 is 15.9 Å². The van der Waals surface area contributed by atoms with Gasteiger partial charge in [-0.2, -0.15) is 5.26 Å². The molecule has 0 spiro atoms. The molecular weight excluding hydrogens is 430 g/mol. The van der Waals surface area contributed by atoms with Crippen molar-refractivity contribution < 1.29 is 9.47 Å². The van der Waals surface area contributed by atoms with Crippen LogP contribution in [-0.4, -0.2) is 18.7 Å². The van der Waals surface area contributed by atoms with Gasteiger partial charge in [0.25, 0.3) is 0 Å². The zero-order chi connectivity index (χ0) is 21.0. The molecule has 1 aromatic heterocycles. The molecular formula is C23H18BrN3O2. The summed E-state index contributed by atoms with van der Waals surface area (Å²) in [5, 5.41) is 9.83. The van der Waals surface area contributed by atoms with Gasteiger partial charge in [0.1, 0.15) is 24.1 Å². The second kappa shape index (κ2) is 8.68. The molecule has 144 valence electrons. The molecule has 0 aliphatic rings. The first-order valence-corrected chi connectivity index (χ1v) is 9.50. The van der Waals surface area contributed by atoms with Crippen molar-refractivity contribution in [3.8, 4) is 52.2 Å². The predicted octanol–water partition coefficient (Wildman–Crippen LogP) is 4.96. The number of benzene rings is 2. The van der Waals surface area contributed by atoms with E-state index >= 15 is 0 Å². The van der Waals surface area contributed by atoms with Gasteiger partial charge in [0.05, 0.1) is 11.6 Å². The van der Waals surface area contributed by atoms with Crippen LogP contribution in [0.25, 0.3) is 22.3 Å². The first kappa shape index (κ1) is 20.3. The van der Waals surface area contributed by atoms with E-state index in [0.29, 0.717) is 27.1 Å². The van der Waals surface area contributed by atoms with Crippen LogP contribution < -0.4 is 15.2 Å². The molecule has 0 aliphatic heterocycles. The third-order valence-electron chi connectivity index (χ3n) is 4.40. The maximum absolute atomic E-state index is 9.83. The van der Waals surface area contributed by atoms with Crippen molar-refractivity contribution in [1.82, 2.24) is 4.98 Å². The number of nitrogens with two attached hydrogens (primary N) is 1. The number of methoxy groups -OCH3 is 1. The molecule has 6 heteroatoms. The van der Waals surface area contributed by atoms with Gasteiger partial charge in [0.2, 0.25) is 0 Å². The van der Waals surface area contributed by atoms with Gasteiger partial charge in [0.15, 0.2) is 11.5 Å². The smallest absolute Gasteiger partial charge is 0.176 e. The van der Waals surface area contributed by atoms with Gasteiger partial charge in [-0.25, -0.2) is 4.98 Å². The molecule has 29 heavy (non-hydrogen) atoms. The Hall–Kier alpha value is -3.48. The van der Waals surface area contributed by atoms with Crippen molar-refractivity contribution in [2.24, 2.45) is 0 Å². The van der Waals surface area contributed by atoms with Gasteiger partial charge in [-0.05, 0) is 46.1 Å². The van der Waals surface area contributed by atoms with Gasteiger partial charge in [-0.3, -0.25) is 0 Å². The average molecular weight is 448 g/mol. The number of nitrogens with zero attached hydrogens (tertiary/aromatic N) is 2. The van der Waals surface area contributed by atoms with Crippen molar-refractivity contribution in [3.05, 3.63) is 58.2 Å². The molecule has 0 saturated carbocycles. The van der Waals surface area contributed by atoms with Crippen molar-refractivity contribution >= 4 is 21.7 Å². The molecule has 0 fully saturated rings. The molecule has 2 aromatic carbocycles. The largest absolute Gasteiger partial charge is 0.493 e. The number of hydrogen-bond acceptors (Lipinski definition) is 5. The highest BCUT2D eigenvalue weighted by Crippen LogP contribution is 2.44. The molecule has 3 rings (SSSR count). The summed E-state index contributed by atoms with van der Waals surface area (Å²) >= 11 is 3.53. The Bertz CT molecular complexity index is 1150. The lowest BCUT2D eigenvalue weighted by Gasteiger charge is -2.18. The Balaban J connectivity index is 2.35. The molecule has 5 nitrogen and oxygen atoms in total. The Morgan fingerprint density at radius 1 is 1.17 bits per heavy atom. The van der Waals surface area contributed by atoms with Gasteiger partial charge in [-0.15, -0.1) is 6.42 Å². The van der Waals surface area contributed by atoms with Crippen LogP contribution in [0, 0.1) is 30.6 Å². The summed E-state index contributed by atoms with van der Waals surface area (Å²) < 4.78 is 11.8. The highest BCUT2D eigenvalue weighted by Gasteiger charge is 2.22. The normalized spacial score (nSPS) is 10.1. The topological polar surface area (TPSA) is 81.2 Å². The van der Waals surface area contributed by atoms with Crippen LogP contribution in [0.3, 0.4) is 0 Å². The first-order valence-electron chi connectivity index (χ1n) is 8.71. The number of pyridine rings is 1. The van der Waals surface area contributed by atoms with E-state index < -0.39 is 0 Å². The number of nitrogen functional groups attached to an aromatic ring is 1. The molecule has 0 aliphatic carbocycles. The van der Waals surface area contributed by atoms with E-state index in [1.807, 2.05) is 43.3 Å². The van der Waals surface area contributed by atoms with Crippen LogP contribution in [0.4, 0.5) is 5.82 Å². The number of aromatic nitrogens is 1. The van der Waals surface area contributed by atoms with Crippen LogP contribution in [-0.2, 0) is 0 Å². The van der Waals surface area contributed by atoms with Crippen LogP contribution in [0.15, 0.2) is 46.9 Å². The monoisotopic (exact) mass is 447 g/mol.